The molecule has 0 saturated heterocycles. The predicted octanol–water partition coefficient (Wildman–Crippen LogP) is 3.09. The number of rotatable bonds is 8. The maximum absolute atomic E-state index is 12.5. The average molecular weight is 370 g/mol. The number of ether oxygens (including phenoxy) is 2. The maximum atomic E-state index is 12.5. The first-order chi connectivity index (χ1) is 12.9. The Morgan fingerprint density at radius 3 is 2.56 bits per heavy atom. The van der Waals surface area contributed by atoms with Crippen LogP contribution in [-0.4, -0.2) is 38.2 Å². The molecule has 0 saturated carbocycles. The van der Waals surface area contributed by atoms with Gasteiger partial charge in [-0.25, -0.2) is 0 Å². The molecule has 6 heteroatoms. The summed E-state index contributed by atoms with van der Waals surface area (Å²) >= 11 is 0. The normalized spacial score (nSPS) is 11.6. The second-order valence-electron chi connectivity index (χ2n) is 6.31. The smallest absolute Gasteiger partial charge is 0.265 e. The minimum absolute atomic E-state index is 0.272. The molecule has 1 atom stereocenters. The number of aryl methyl sites for hydroxylation is 2. The van der Waals surface area contributed by atoms with Crippen molar-refractivity contribution in [3.8, 4) is 5.75 Å². The van der Waals surface area contributed by atoms with E-state index in [2.05, 4.69) is 10.6 Å². The molecule has 2 aromatic rings. The van der Waals surface area contributed by atoms with Crippen LogP contribution in [0, 0.1) is 13.8 Å². The molecule has 27 heavy (non-hydrogen) atoms. The third-order valence-corrected chi connectivity index (χ3v) is 4.02. The summed E-state index contributed by atoms with van der Waals surface area (Å²) in [6, 6.07) is 12.6. The van der Waals surface area contributed by atoms with Crippen LogP contribution in [0.1, 0.15) is 28.4 Å². The molecule has 0 spiro atoms. The second kappa shape index (κ2) is 9.73. The summed E-state index contributed by atoms with van der Waals surface area (Å²) in [5, 5.41) is 5.53. The molecule has 0 radical (unpaired) electrons. The first-order valence-electron chi connectivity index (χ1n) is 8.83. The van der Waals surface area contributed by atoms with Gasteiger partial charge in [0.1, 0.15) is 5.75 Å². The molecule has 6 nitrogen and oxygen atoms in total. The summed E-state index contributed by atoms with van der Waals surface area (Å²) in [6.45, 7) is 6.43. The highest BCUT2D eigenvalue weighted by Gasteiger charge is 2.19. The van der Waals surface area contributed by atoms with Gasteiger partial charge >= 0.3 is 0 Å². The van der Waals surface area contributed by atoms with E-state index in [4.69, 9.17) is 9.47 Å². The van der Waals surface area contributed by atoms with E-state index in [1.165, 1.54) is 0 Å². The summed E-state index contributed by atoms with van der Waals surface area (Å²) in [5.41, 5.74) is 2.92. The van der Waals surface area contributed by atoms with Gasteiger partial charge in [0, 0.05) is 13.7 Å². The number of carbonyl (C=O) groups excluding carboxylic acids is 2. The van der Waals surface area contributed by atoms with Crippen molar-refractivity contribution >= 4 is 17.5 Å². The number of anilines is 1. The first-order valence-corrected chi connectivity index (χ1v) is 8.83. The Balaban J connectivity index is 2.05. The summed E-state index contributed by atoms with van der Waals surface area (Å²) in [6.07, 6.45) is -0.712. The second-order valence-corrected chi connectivity index (χ2v) is 6.31. The molecule has 0 aromatic heterocycles. The molecular formula is C21H26N2O4. The van der Waals surface area contributed by atoms with Crippen molar-refractivity contribution in [3.63, 3.8) is 0 Å². The highest BCUT2D eigenvalue weighted by Crippen LogP contribution is 2.21. The Labute approximate surface area is 159 Å². The lowest BCUT2D eigenvalue weighted by atomic mass is 10.1. The topological polar surface area (TPSA) is 76.7 Å². The van der Waals surface area contributed by atoms with Crippen LogP contribution in [0.4, 0.5) is 5.69 Å². The molecule has 2 aromatic carbocycles. The van der Waals surface area contributed by atoms with E-state index in [9.17, 15) is 9.59 Å². The fourth-order valence-electron chi connectivity index (χ4n) is 2.56. The van der Waals surface area contributed by atoms with Crippen LogP contribution in [0.15, 0.2) is 42.5 Å². The number of carbonyl (C=O) groups is 2. The minimum atomic E-state index is -0.712. The zero-order valence-corrected chi connectivity index (χ0v) is 16.2. The van der Waals surface area contributed by atoms with Gasteiger partial charge in [-0.2, -0.15) is 0 Å². The summed E-state index contributed by atoms with van der Waals surface area (Å²) in [7, 11) is 1.57. The zero-order valence-electron chi connectivity index (χ0n) is 16.2. The molecular weight excluding hydrogens is 344 g/mol. The van der Waals surface area contributed by atoms with Gasteiger partial charge in [-0.1, -0.05) is 29.8 Å². The van der Waals surface area contributed by atoms with Crippen LogP contribution in [0.2, 0.25) is 0 Å². The first kappa shape index (κ1) is 20.5. The largest absolute Gasteiger partial charge is 0.481 e. The third-order valence-electron chi connectivity index (χ3n) is 4.02. The monoisotopic (exact) mass is 370 g/mol. The molecule has 0 aliphatic carbocycles. The SMILES string of the molecule is COCCNC(=O)c1ccccc1NC(=O)[C@@H](C)Oc1ccc(C)cc1C. The zero-order chi connectivity index (χ0) is 19.8. The molecule has 0 heterocycles. The Hall–Kier alpha value is -2.86. The number of nitrogens with one attached hydrogen (secondary N) is 2. The number of hydrogen-bond acceptors (Lipinski definition) is 4. The summed E-state index contributed by atoms with van der Waals surface area (Å²) < 4.78 is 10.7. The van der Waals surface area contributed by atoms with Gasteiger partial charge in [0.15, 0.2) is 6.10 Å². The van der Waals surface area contributed by atoms with Crippen LogP contribution in [0.25, 0.3) is 0 Å². The molecule has 2 N–H and O–H groups in total. The average Bonchev–Trinajstić information content (AvgIpc) is 2.64. The lowest BCUT2D eigenvalue weighted by Crippen LogP contribution is -2.32. The van der Waals surface area contributed by atoms with Gasteiger partial charge in [0.25, 0.3) is 11.8 Å². The standard InChI is InChI=1S/C21H26N2O4/c1-14-9-10-19(15(2)13-14)27-16(3)20(24)23-18-8-6-5-7-17(18)21(25)22-11-12-26-4/h5-10,13,16H,11-12H2,1-4H3,(H,22,25)(H,23,24)/t16-/m1/s1. The minimum Gasteiger partial charge on any atom is -0.481 e. The maximum Gasteiger partial charge on any atom is 0.265 e. The van der Waals surface area contributed by atoms with Gasteiger partial charge < -0.3 is 20.1 Å². The molecule has 0 aliphatic rings. The van der Waals surface area contributed by atoms with Crippen LogP contribution < -0.4 is 15.4 Å². The van der Waals surface area contributed by atoms with E-state index in [1.807, 2.05) is 32.0 Å². The fourth-order valence-corrected chi connectivity index (χ4v) is 2.56. The fraction of sp³-hybridized carbons (Fsp3) is 0.333. The van der Waals surface area contributed by atoms with Crippen LogP contribution >= 0.6 is 0 Å². The number of para-hydroxylation sites is 1. The molecule has 144 valence electrons. The lowest BCUT2D eigenvalue weighted by Gasteiger charge is -2.18. The quantitative estimate of drug-likeness (QED) is 0.700. The number of benzene rings is 2. The molecule has 2 amide bonds. The Morgan fingerprint density at radius 2 is 1.85 bits per heavy atom. The van der Waals surface area contributed by atoms with Crippen molar-refractivity contribution in [3.05, 3.63) is 59.2 Å². The van der Waals surface area contributed by atoms with E-state index < -0.39 is 6.10 Å². The van der Waals surface area contributed by atoms with Crippen molar-refractivity contribution in [1.82, 2.24) is 5.32 Å². The third kappa shape index (κ3) is 5.82. The van der Waals surface area contributed by atoms with Gasteiger partial charge in [-0.3, -0.25) is 9.59 Å². The van der Waals surface area contributed by atoms with Crippen LogP contribution in [-0.2, 0) is 9.53 Å². The lowest BCUT2D eigenvalue weighted by molar-refractivity contribution is -0.122. The van der Waals surface area contributed by atoms with Crippen molar-refractivity contribution in [2.24, 2.45) is 0 Å². The van der Waals surface area contributed by atoms with Crippen molar-refractivity contribution in [1.29, 1.82) is 0 Å². The van der Waals surface area contributed by atoms with E-state index in [-0.39, 0.29) is 11.8 Å². The van der Waals surface area contributed by atoms with E-state index in [1.54, 1.807) is 38.3 Å². The molecule has 2 rings (SSSR count). The van der Waals surface area contributed by atoms with Gasteiger partial charge in [-0.15, -0.1) is 0 Å². The van der Waals surface area contributed by atoms with Crippen molar-refractivity contribution < 1.29 is 19.1 Å². The summed E-state index contributed by atoms with van der Waals surface area (Å²) in [5.74, 6) is 0.0619. The number of amides is 2. The van der Waals surface area contributed by atoms with Gasteiger partial charge in [-0.05, 0) is 44.5 Å². The van der Waals surface area contributed by atoms with Gasteiger partial charge in [0.2, 0.25) is 0 Å². The van der Waals surface area contributed by atoms with Gasteiger partial charge in [0.05, 0.1) is 17.9 Å². The Morgan fingerprint density at radius 1 is 1.11 bits per heavy atom. The molecule has 0 aliphatic heterocycles. The molecule has 0 fully saturated rings. The van der Waals surface area contributed by atoms with Crippen molar-refractivity contribution in [2.75, 3.05) is 25.6 Å². The highest BCUT2D eigenvalue weighted by molar-refractivity contribution is 6.04. The molecule has 0 unspecified atom stereocenters. The molecule has 0 bridgehead atoms. The van der Waals surface area contributed by atoms with E-state index >= 15 is 0 Å². The Kier molecular flexibility index (Phi) is 7.37. The summed E-state index contributed by atoms with van der Waals surface area (Å²) in [4.78, 5) is 24.9. The van der Waals surface area contributed by atoms with Crippen LogP contribution in [0.3, 0.4) is 0 Å². The number of methoxy groups -OCH3 is 1. The predicted molar refractivity (Wildman–Crippen MR) is 105 cm³/mol. The Bertz CT molecular complexity index is 805. The highest BCUT2D eigenvalue weighted by atomic mass is 16.5. The number of hydrogen-bond donors (Lipinski definition) is 2. The van der Waals surface area contributed by atoms with E-state index in [0.717, 1.165) is 11.1 Å². The van der Waals surface area contributed by atoms with Crippen molar-refractivity contribution in [2.45, 2.75) is 26.9 Å². The van der Waals surface area contributed by atoms with E-state index in [0.29, 0.717) is 30.2 Å². The van der Waals surface area contributed by atoms with Crippen LogP contribution in [0.5, 0.6) is 5.75 Å².